The Labute approximate surface area is 364 Å². The van der Waals surface area contributed by atoms with Crippen molar-refractivity contribution in [3.8, 4) is 23.3 Å². The van der Waals surface area contributed by atoms with Gasteiger partial charge in [0.1, 0.15) is 0 Å². The molecule has 0 aliphatic carbocycles. The monoisotopic (exact) mass is 769 g/mol. The lowest BCUT2D eigenvalue weighted by Gasteiger charge is -2.34. The number of rotatable bonds is 7. The largest absolute Gasteiger partial charge is 0.278 e. The van der Waals surface area contributed by atoms with E-state index < -0.39 is 220 Å². The van der Waals surface area contributed by atoms with E-state index in [4.69, 9.17) is 35.5 Å². The van der Waals surface area contributed by atoms with Crippen LogP contribution in [-0.2, 0) is 0 Å². The van der Waals surface area contributed by atoms with Gasteiger partial charge in [-0.25, -0.2) is 0 Å². The molecule has 3 aromatic heterocycles. The smallest absolute Gasteiger partial charge is 0.240 e. The topological polar surface area (TPSA) is 48.5 Å². The second kappa shape index (κ2) is 13.4. The second-order valence-electron chi connectivity index (χ2n) is 12.6. The molecule has 0 saturated carbocycles. The maximum absolute atomic E-state index is 10.5. The predicted octanol–water partition coefficient (Wildman–Crippen LogP) is 9.11. The second-order valence-corrected chi connectivity index (χ2v) is 16.3. The van der Waals surface area contributed by atoms with Gasteiger partial charge < -0.3 is 0 Å². The number of nitrogens with zero attached hydrogens (tertiary/aromatic N) is 5. The Kier molecular flexibility index (Phi) is 3.94. The van der Waals surface area contributed by atoms with Crippen LogP contribution >= 0.6 is 0 Å². The standard InChI is InChI=1S/C51H35N5Si/c1-4-20-37(21-5-1)57(38-22-6-2-7-23-38,39-24-8-3-9-25-39)40-26-18-19-36(35-40)49-52-50(55-45-31-14-10-27-41(45)42-28-11-15-32-46(42)55)54-51(53-49)56-47-33-16-12-29-43(47)44-30-13-17-34-48(44)56/h1-35H/i1D,4D,5D,10D,11D,12D,13D,14D,15D,16D,17D,18D,19D,20D,26D,27D,28D,29D,30D,31D,32D,33D,34D,35D. The van der Waals surface area contributed by atoms with Crippen LogP contribution in [-0.4, -0.2) is 32.2 Å². The van der Waals surface area contributed by atoms with Gasteiger partial charge in [-0.15, -0.1) is 0 Å². The molecule has 0 amide bonds. The van der Waals surface area contributed by atoms with Crippen molar-refractivity contribution >= 4 is 72.4 Å². The van der Waals surface area contributed by atoms with Gasteiger partial charge in [0.25, 0.3) is 0 Å². The van der Waals surface area contributed by atoms with E-state index in [0.717, 1.165) is 9.13 Å². The van der Waals surface area contributed by atoms with Crippen LogP contribution in [0.5, 0.6) is 0 Å². The number of benzene rings is 8. The van der Waals surface area contributed by atoms with Gasteiger partial charge in [-0.3, -0.25) is 9.13 Å². The van der Waals surface area contributed by atoms with Crippen LogP contribution in [0.1, 0.15) is 32.9 Å². The Balaban J connectivity index is 1.42. The zero-order valence-electron chi connectivity index (χ0n) is 53.1. The summed E-state index contributed by atoms with van der Waals surface area (Å²) in [5.41, 5.74) is -2.88. The van der Waals surface area contributed by atoms with E-state index in [0.29, 0.717) is 10.4 Å². The lowest BCUT2D eigenvalue weighted by Crippen LogP contribution is -2.74. The van der Waals surface area contributed by atoms with Crippen molar-refractivity contribution in [1.29, 1.82) is 0 Å². The molecule has 268 valence electrons. The minimum atomic E-state index is -4.63. The molecule has 57 heavy (non-hydrogen) atoms. The average molecular weight is 770 g/mol. The van der Waals surface area contributed by atoms with Gasteiger partial charge in [-0.05, 0) is 44.9 Å². The molecule has 0 bridgehead atoms. The molecule has 0 fully saturated rings. The third-order valence-corrected chi connectivity index (χ3v) is 14.1. The Morgan fingerprint density at radius 1 is 0.368 bits per heavy atom. The van der Waals surface area contributed by atoms with Crippen molar-refractivity contribution in [3.63, 3.8) is 0 Å². The van der Waals surface area contributed by atoms with Gasteiger partial charge in [0, 0.05) is 27.1 Å². The molecule has 0 aliphatic rings. The Morgan fingerprint density at radius 2 is 0.807 bits per heavy atom. The normalized spacial score (nSPS) is 17.8. The maximum atomic E-state index is 10.5. The van der Waals surface area contributed by atoms with Crippen LogP contribution in [0, 0.1) is 0 Å². The third-order valence-electron chi connectivity index (χ3n) is 9.67. The summed E-state index contributed by atoms with van der Waals surface area (Å²) in [6.07, 6.45) is 0. The molecule has 3 heterocycles. The minimum Gasteiger partial charge on any atom is -0.278 e. The van der Waals surface area contributed by atoms with Crippen molar-refractivity contribution in [2.24, 2.45) is 0 Å². The summed E-state index contributed by atoms with van der Waals surface area (Å²) in [4.78, 5) is 14.2. The van der Waals surface area contributed by atoms with Crippen LogP contribution in [0.25, 0.3) is 66.9 Å². The zero-order valence-corrected chi connectivity index (χ0v) is 30.1. The molecular formula is C51H35N5Si. The molecule has 0 N–H and O–H groups in total. The summed E-state index contributed by atoms with van der Waals surface area (Å²) >= 11 is 0. The summed E-state index contributed by atoms with van der Waals surface area (Å²) in [5.74, 6) is -2.46. The van der Waals surface area contributed by atoms with Crippen molar-refractivity contribution in [3.05, 3.63) is 212 Å². The molecular weight excluding hydrogens is 711 g/mol. The maximum Gasteiger partial charge on any atom is 0.240 e. The summed E-state index contributed by atoms with van der Waals surface area (Å²) in [7, 11) is -4.63. The fourth-order valence-corrected chi connectivity index (χ4v) is 11.6. The predicted molar refractivity (Wildman–Crippen MR) is 238 cm³/mol. The highest BCUT2D eigenvalue weighted by atomic mass is 28.3. The van der Waals surface area contributed by atoms with E-state index in [2.05, 4.69) is 0 Å². The number of hydrogen-bond donors (Lipinski definition) is 0. The molecule has 11 rings (SSSR count). The third kappa shape index (κ3) is 5.19. The highest BCUT2D eigenvalue weighted by Crippen LogP contribution is 2.34. The Morgan fingerprint density at radius 3 is 1.30 bits per heavy atom. The lowest BCUT2D eigenvalue weighted by molar-refractivity contribution is 0.893. The van der Waals surface area contributed by atoms with Crippen LogP contribution in [0.3, 0.4) is 0 Å². The molecule has 0 saturated heterocycles. The summed E-state index contributed by atoms with van der Waals surface area (Å²) in [6, 6.07) is -0.957. The highest BCUT2D eigenvalue weighted by molar-refractivity contribution is 7.19. The molecule has 8 aromatic carbocycles. The molecule has 11 aromatic rings. The van der Waals surface area contributed by atoms with Gasteiger partial charge in [0.05, 0.1) is 55.0 Å². The number of aromatic nitrogens is 5. The van der Waals surface area contributed by atoms with E-state index in [-0.39, 0.29) is 10.4 Å². The Bertz CT molecular complexity index is 4270. The van der Waals surface area contributed by atoms with E-state index in [1.807, 2.05) is 0 Å². The first-order chi connectivity index (χ1) is 38.2. The first-order valence-corrected chi connectivity index (χ1v) is 19.3. The fraction of sp³-hybridized carbons (Fsp3) is 0. The van der Waals surface area contributed by atoms with E-state index in [1.54, 1.807) is 60.7 Å². The van der Waals surface area contributed by atoms with Crippen molar-refractivity contribution in [1.82, 2.24) is 24.1 Å². The van der Waals surface area contributed by atoms with Crippen molar-refractivity contribution in [2.75, 3.05) is 0 Å². The van der Waals surface area contributed by atoms with Crippen LogP contribution in [0.4, 0.5) is 0 Å². The van der Waals surface area contributed by atoms with Crippen LogP contribution in [0.2, 0.25) is 0 Å². The average Bonchev–Trinajstić information content (AvgIpc) is 3.85. The number of hydrogen-bond acceptors (Lipinski definition) is 3. The van der Waals surface area contributed by atoms with Crippen molar-refractivity contribution < 1.29 is 32.9 Å². The SMILES string of the molecule is [2H]c1cc([Si](c2ccccc2)(c2ccccc2)c2c([2H])c([2H])c([2H])c(-c3nc(-n4c5c([2H])c([2H])c([2H])c([2H])c5c5c([2H])c([2H])c([2H])c([2H])c54)nc(-n4c5c([2H])c([2H])c([2H])c([2H])c5c5c([2H])c([2H])c([2H])c([2H])c54)n3)c2[2H])c([2H])c([2H])c1[2H]. The minimum absolute atomic E-state index is 0.0740. The molecule has 0 spiro atoms. The number of fused-ring (bicyclic) bond motifs is 6. The number of para-hydroxylation sites is 4. The molecule has 0 radical (unpaired) electrons. The first-order valence-electron chi connectivity index (χ1n) is 29.3. The first kappa shape index (κ1) is 16.8. The molecule has 0 atom stereocenters. The van der Waals surface area contributed by atoms with Gasteiger partial charge >= 0.3 is 0 Å². The molecule has 5 nitrogen and oxygen atoms in total. The highest BCUT2D eigenvalue weighted by Gasteiger charge is 2.41. The summed E-state index contributed by atoms with van der Waals surface area (Å²) in [6.45, 7) is 0. The van der Waals surface area contributed by atoms with Crippen LogP contribution < -0.4 is 20.7 Å². The summed E-state index contributed by atoms with van der Waals surface area (Å²) in [5, 5.41) is -1.51. The van der Waals surface area contributed by atoms with Gasteiger partial charge in [-0.2, -0.15) is 15.0 Å². The van der Waals surface area contributed by atoms with Crippen molar-refractivity contribution in [2.45, 2.75) is 0 Å². The molecule has 0 aliphatic heterocycles. The fourth-order valence-electron chi connectivity index (χ4n) is 7.31. The zero-order chi connectivity index (χ0) is 58.6. The molecule has 0 unspecified atom stereocenters. The van der Waals surface area contributed by atoms with E-state index in [1.165, 1.54) is 6.07 Å². The van der Waals surface area contributed by atoms with Gasteiger partial charge in [0.2, 0.25) is 11.9 Å². The molecule has 6 heteroatoms. The Hall–Kier alpha value is -7.41. The van der Waals surface area contributed by atoms with Gasteiger partial charge in [-0.1, -0.05) is 188 Å². The van der Waals surface area contributed by atoms with E-state index >= 15 is 0 Å². The van der Waals surface area contributed by atoms with Gasteiger partial charge in [0.15, 0.2) is 13.9 Å². The van der Waals surface area contributed by atoms with Crippen LogP contribution in [0.15, 0.2) is 212 Å². The quantitative estimate of drug-likeness (QED) is 0.120. The van der Waals surface area contributed by atoms with E-state index in [9.17, 15) is 12.3 Å². The lowest BCUT2D eigenvalue weighted by atomic mass is 10.2. The summed E-state index contributed by atoms with van der Waals surface area (Å²) < 4.78 is 221.